The van der Waals surface area contributed by atoms with Crippen LogP contribution in [0.5, 0.6) is 0 Å². The van der Waals surface area contributed by atoms with Gasteiger partial charge in [0.05, 0.1) is 0 Å². The fourth-order valence-corrected chi connectivity index (χ4v) is 2.65. The fraction of sp³-hybridized carbons (Fsp3) is 1.00. The van der Waals surface area contributed by atoms with E-state index >= 15 is 0 Å². The first-order valence-corrected chi connectivity index (χ1v) is 5.66. The van der Waals surface area contributed by atoms with Crippen LogP contribution in [0.3, 0.4) is 0 Å². The molecule has 0 aromatic rings. The van der Waals surface area contributed by atoms with Gasteiger partial charge in [0.15, 0.2) is 0 Å². The topological polar surface area (TPSA) is 29.3 Å². The van der Waals surface area contributed by atoms with E-state index in [1.54, 1.807) is 0 Å². The van der Waals surface area contributed by atoms with Crippen LogP contribution in [0.2, 0.25) is 0 Å². The largest absolute Gasteiger partial charge is 0.327 e. The molecule has 3 atom stereocenters. The molecule has 1 aliphatic heterocycles. The lowest BCUT2D eigenvalue weighted by molar-refractivity contribution is 0.112. The lowest BCUT2D eigenvalue weighted by Crippen LogP contribution is -2.50. The van der Waals surface area contributed by atoms with Gasteiger partial charge in [-0.1, -0.05) is 6.92 Å². The molecule has 2 N–H and O–H groups in total. The van der Waals surface area contributed by atoms with Crippen LogP contribution in [-0.2, 0) is 0 Å². The minimum atomic E-state index is 0.421. The van der Waals surface area contributed by atoms with E-state index in [0.717, 1.165) is 24.4 Å². The molecule has 0 amide bonds. The Hall–Kier alpha value is -0.0800. The average molecular weight is 182 g/mol. The molecule has 1 aliphatic carbocycles. The molecular weight excluding hydrogens is 160 g/mol. The van der Waals surface area contributed by atoms with Crippen LogP contribution < -0.4 is 5.73 Å². The molecule has 2 aliphatic rings. The van der Waals surface area contributed by atoms with Gasteiger partial charge in [-0.15, -0.1) is 0 Å². The molecule has 13 heavy (non-hydrogen) atoms. The summed E-state index contributed by atoms with van der Waals surface area (Å²) in [5.41, 5.74) is 6.03. The minimum absolute atomic E-state index is 0.421. The summed E-state index contributed by atoms with van der Waals surface area (Å²) in [6.45, 7) is 7.10. The SMILES string of the molecule is CC1CC(N)CN(C(C)C2CC2)C1. The van der Waals surface area contributed by atoms with Crippen molar-refractivity contribution in [3.05, 3.63) is 0 Å². The van der Waals surface area contributed by atoms with Crippen LogP contribution in [0.1, 0.15) is 33.1 Å². The zero-order valence-corrected chi connectivity index (χ0v) is 8.87. The Morgan fingerprint density at radius 2 is 2.00 bits per heavy atom. The highest BCUT2D eigenvalue weighted by atomic mass is 15.2. The van der Waals surface area contributed by atoms with Crippen molar-refractivity contribution in [3.8, 4) is 0 Å². The van der Waals surface area contributed by atoms with Crippen LogP contribution in [0.25, 0.3) is 0 Å². The molecule has 3 unspecified atom stereocenters. The first-order valence-electron chi connectivity index (χ1n) is 5.66. The van der Waals surface area contributed by atoms with Gasteiger partial charge in [0.1, 0.15) is 0 Å². The maximum atomic E-state index is 6.03. The van der Waals surface area contributed by atoms with Gasteiger partial charge in [-0.05, 0) is 38.0 Å². The van der Waals surface area contributed by atoms with Crippen molar-refractivity contribution in [2.75, 3.05) is 13.1 Å². The highest BCUT2D eigenvalue weighted by Crippen LogP contribution is 2.36. The number of nitrogens with zero attached hydrogens (tertiary/aromatic N) is 1. The molecule has 1 saturated carbocycles. The molecule has 0 aromatic carbocycles. The molecule has 0 bridgehead atoms. The van der Waals surface area contributed by atoms with Crippen molar-refractivity contribution in [1.29, 1.82) is 0 Å². The molecule has 76 valence electrons. The monoisotopic (exact) mass is 182 g/mol. The Balaban J connectivity index is 1.89. The first kappa shape index (κ1) is 9.47. The highest BCUT2D eigenvalue weighted by Gasteiger charge is 2.34. The van der Waals surface area contributed by atoms with Gasteiger partial charge in [0.2, 0.25) is 0 Å². The number of hydrogen-bond donors (Lipinski definition) is 1. The van der Waals surface area contributed by atoms with E-state index in [1.807, 2.05) is 0 Å². The van der Waals surface area contributed by atoms with E-state index in [0.29, 0.717) is 6.04 Å². The minimum Gasteiger partial charge on any atom is -0.327 e. The third-order valence-corrected chi connectivity index (χ3v) is 3.60. The Kier molecular flexibility index (Phi) is 2.61. The standard InChI is InChI=1S/C11H22N2/c1-8-5-11(12)7-13(6-8)9(2)10-3-4-10/h8-11H,3-7,12H2,1-2H3. The van der Waals surface area contributed by atoms with E-state index in [4.69, 9.17) is 5.73 Å². The molecule has 2 nitrogen and oxygen atoms in total. The van der Waals surface area contributed by atoms with Crippen molar-refractivity contribution in [1.82, 2.24) is 4.90 Å². The predicted octanol–water partition coefficient (Wildman–Crippen LogP) is 1.45. The van der Waals surface area contributed by atoms with Gasteiger partial charge in [0, 0.05) is 25.2 Å². The quantitative estimate of drug-likeness (QED) is 0.700. The summed E-state index contributed by atoms with van der Waals surface area (Å²) in [5.74, 6) is 1.78. The Morgan fingerprint density at radius 3 is 2.54 bits per heavy atom. The molecule has 0 spiro atoms. The second-order valence-corrected chi connectivity index (χ2v) is 5.13. The number of rotatable bonds is 2. The summed E-state index contributed by atoms with van der Waals surface area (Å²) in [6, 6.07) is 1.21. The molecule has 2 heteroatoms. The highest BCUT2D eigenvalue weighted by molar-refractivity contribution is 4.89. The smallest absolute Gasteiger partial charge is 0.0170 e. The van der Waals surface area contributed by atoms with Crippen LogP contribution in [-0.4, -0.2) is 30.1 Å². The number of hydrogen-bond acceptors (Lipinski definition) is 2. The van der Waals surface area contributed by atoms with E-state index in [9.17, 15) is 0 Å². The van der Waals surface area contributed by atoms with Gasteiger partial charge in [-0.2, -0.15) is 0 Å². The van der Waals surface area contributed by atoms with Crippen LogP contribution >= 0.6 is 0 Å². The Labute approximate surface area is 81.5 Å². The van der Waals surface area contributed by atoms with Gasteiger partial charge in [-0.3, -0.25) is 4.90 Å². The maximum Gasteiger partial charge on any atom is 0.0170 e. The van der Waals surface area contributed by atoms with Gasteiger partial charge >= 0.3 is 0 Å². The van der Waals surface area contributed by atoms with Gasteiger partial charge in [-0.25, -0.2) is 0 Å². The normalized spacial score (nSPS) is 39.0. The zero-order chi connectivity index (χ0) is 9.42. The molecule has 0 radical (unpaired) electrons. The van der Waals surface area contributed by atoms with E-state index in [1.165, 1.54) is 25.8 Å². The van der Waals surface area contributed by atoms with Crippen LogP contribution in [0.4, 0.5) is 0 Å². The lowest BCUT2D eigenvalue weighted by atomic mass is 9.95. The summed E-state index contributed by atoms with van der Waals surface area (Å²) in [4.78, 5) is 2.61. The number of piperidine rings is 1. The van der Waals surface area contributed by atoms with E-state index in [-0.39, 0.29) is 0 Å². The lowest BCUT2D eigenvalue weighted by Gasteiger charge is -2.38. The number of nitrogens with two attached hydrogens (primary N) is 1. The average Bonchev–Trinajstić information content (AvgIpc) is 2.83. The summed E-state index contributed by atoms with van der Waals surface area (Å²) < 4.78 is 0. The third kappa shape index (κ3) is 2.23. The first-order chi connectivity index (χ1) is 6.16. The third-order valence-electron chi connectivity index (χ3n) is 3.60. The zero-order valence-electron chi connectivity index (χ0n) is 8.87. The van der Waals surface area contributed by atoms with Crippen molar-refractivity contribution in [2.24, 2.45) is 17.6 Å². The number of likely N-dealkylation sites (tertiary alicyclic amines) is 1. The molecule has 1 saturated heterocycles. The van der Waals surface area contributed by atoms with Crippen molar-refractivity contribution in [3.63, 3.8) is 0 Å². The Bertz CT molecular complexity index is 167. The molecule has 0 aromatic heterocycles. The molecule has 2 rings (SSSR count). The van der Waals surface area contributed by atoms with Gasteiger partial charge < -0.3 is 5.73 Å². The van der Waals surface area contributed by atoms with Gasteiger partial charge in [0.25, 0.3) is 0 Å². The second-order valence-electron chi connectivity index (χ2n) is 5.13. The van der Waals surface area contributed by atoms with Crippen molar-refractivity contribution in [2.45, 2.75) is 45.2 Å². The second kappa shape index (κ2) is 3.58. The summed E-state index contributed by atoms with van der Waals surface area (Å²) in [6.07, 6.45) is 4.11. The summed E-state index contributed by atoms with van der Waals surface area (Å²) >= 11 is 0. The van der Waals surface area contributed by atoms with Crippen molar-refractivity contribution < 1.29 is 0 Å². The van der Waals surface area contributed by atoms with Crippen molar-refractivity contribution >= 4 is 0 Å². The fourth-order valence-electron chi connectivity index (χ4n) is 2.65. The maximum absolute atomic E-state index is 6.03. The van der Waals surface area contributed by atoms with Crippen LogP contribution in [0, 0.1) is 11.8 Å². The Morgan fingerprint density at radius 1 is 1.31 bits per heavy atom. The molecule has 2 fully saturated rings. The van der Waals surface area contributed by atoms with Crippen LogP contribution in [0.15, 0.2) is 0 Å². The molecular formula is C11H22N2. The summed E-state index contributed by atoms with van der Waals surface area (Å²) in [7, 11) is 0. The van der Waals surface area contributed by atoms with E-state index in [2.05, 4.69) is 18.7 Å². The molecule has 1 heterocycles. The predicted molar refractivity (Wildman–Crippen MR) is 55.5 cm³/mol. The summed E-state index contributed by atoms with van der Waals surface area (Å²) in [5, 5.41) is 0. The van der Waals surface area contributed by atoms with E-state index < -0.39 is 0 Å².